The second-order valence-corrected chi connectivity index (χ2v) is 10.5. The second kappa shape index (κ2) is 8.95. The predicted molar refractivity (Wildman–Crippen MR) is 135 cm³/mol. The van der Waals surface area contributed by atoms with Crippen molar-refractivity contribution in [1.29, 1.82) is 0 Å². The largest absolute Gasteiger partial charge is 0.345 e. The summed E-state index contributed by atoms with van der Waals surface area (Å²) in [6.07, 6.45) is 0.651. The molecule has 0 aliphatic carbocycles. The van der Waals surface area contributed by atoms with Crippen LogP contribution < -0.4 is 9.62 Å². The lowest BCUT2D eigenvalue weighted by Gasteiger charge is -2.21. The Kier molecular flexibility index (Phi) is 5.84. The quantitative estimate of drug-likeness (QED) is 0.396. The van der Waals surface area contributed by atoms with Gasteiger partial charge in [-0.1, -0.05) is 84.4 Å². The molecule has 0 bridgehead atoms. The minimum atomic E-state index is -3.61. The van der Waals surface area contributed by atoms with Crippen molar-refractivity contribution in [2.24, 2.45) is 0 Å². The maximum atomic E-state index is 13.1. The zero-order valence-electron chi connectivity index (χ0n) is 18.9. The predicted octanol–water partition coefficient (Wildman–Crippen LogP) is 5.34. The van der Waals surface area contributed by atoms with Gasteiger partial charge in [-0.15, -0.1) is 0 Å². The van der Waals surface area contributed by atoms with Gasteiger partial charge in [0.2, 0.25) is 5.91 Å². The van der Waals surface area contributed by atoms with Crippen molar-refractivity contribution in [1.82, 2.24) is 5.32 Å². The molecule has 0 aromatic heterocycles. The van der Waals surface area contributed by atoms with Gasteiger partial charge >= 0.3 is 0 Å². The van der Waals surface area contributed by atoms with Crippen molar-refractivity contribution in [2.75, 3.05) is 10.8 Å². The van der Waals surface area contributed by atoms with Gasteiger partial charge in [-0.2, -0.15) is 0 Å². The smallest absolute Gasteiger partial charge is 0.265 e. The van der Waals surface area contributed by atoms with Crippen LogP contribution in [0, 0.1) is 6.92 Å². The van der Waals surface area contributed by atoms with Gasteiger partial charge in [-0.3, -0.25) is 9.10 Å². The van der Waals surface area contributed by atoms with Crippen molar-refractivity contribution < 1.29 is 13.2 Å². The monoisotopic (exact) mass is 470 g/mol. The van der Waals surface area contributed by atoms with Crippen LogP contribution in [0.3, 0.4) is 0 Å². The molecule has 0 spiro atoms. The highest BCUT2D eigenvalue weighted by molar-refractivity contribution is 7.93. The van der Waals surface area contributed by atoms with Crippen molar-refractivity contribution in [3.8, 4) is 0 Å². The summed E-state index contributed by atoms with van der Waals surface area (Å²) in [6, 6.07) is 28.7. The van der Waals surface area contributed by atoms with Crippen LogP contribution in [0.15, 0.2) is 95.9 Å². The number of carbonyl (C=O) groups is 1. The number of carbonyl (C=O) groups excluding carboxylic acids is 1. The molecule has 1 amide bonds. The Hall–Kier alpha value is -3.64. The van der Waals surface area contributed by atoms with Crippen molar-refractivity contribution in [3.63, 3.8) is 0 Å². The molecule has 0 fully saturated rings. The van der Waals surface area contributed by atoms with E-state index in [0.29, 0.717) is 17.0 Å². The molecule has 172 valence electrons. The molecule has 6 heteroatoms. The number of nitrogens with one attached hydrogen (secondary N) is 1. The summed E-state index contributed by atoms with van der Waals surface area (Å²) in [6.45, 7) is 2.29. The van der Waals surface area contributed by atoms with Crippen LogP contribution >= 0.6 is 0 Å². The molecule has 1 aliphatic rings. The van der Waals surface area contributed by atoms with E-state index in [9.17, 15) is 13.2 Å². The summed E-state index contributed by atoms with van der Waals surface area (Å²) in [5.74, 6) is -0.109. The molecule has 1 atom stereocenters. The average Bonchev–Trinajstić information content (AvgIpc) is 3.07. The lowest BCUT2D eigenvalue weighted by atomic mass is 9.97. The van der Waals surface area contributed by atoms with Crippen molar-refractivity contribution >= 4 is 32.4 Å². The van der Waals surface area contributed by atoms with Gasteiger partial charge in [0, 0.05) is 18.4 Å². The summed E-state index contributed by atoms with van der Waals surface area (Å²) in [5, 5.41) is 4.81. The Bertz CT molecular complexity index is 1440. The minimum absolute atomic E-state index is 0.109. The summed E-state index contributed by atoms with van der Waals surface area (Å²) in [4.78, 5) is 13.3. The lowest BCUT2D eigenvalue weighted by Crippen LogP contribution is -2.32. The van der Waals surface area contributed by atoms with E-state index in [1.807, 2.05) is 85.8 Å². The van der Waals surface area contributed by atoms with Gasteiger partial charge in [-0.05, 0) is 42.0 Å². The maximum Gasteiger partial charge on any atom is 0.265 e. The third-order valence-corrected chi connectivity index (χ3v) is 8.15. The number of benzene rings is 4. The first-order valence-corrected chi connectivity index (χ1v) is 12.8. The molecule has 4 aromatic carbocycles. The molecule has 1 aliphatic heterocycles. The summed E-state index contributed by atoms with van der Waals surface area (Å²) in [5.41, 5.74) is 3.86. The van der Waals surface area contributed by atoms with Gasteiger partial charge in [0.1, 0.15) is 0 Å². The van der Waals surface area contributed by atoms with Crippen LogP contribution in [0.25, 0.3) is 10.8 Å². The number of aryl methyl sites for hydroxylation is 1. The Balaban J connectivity index is 1.30. The van der Waals surface area contributed by atoms with E-state index in [-0.39, 0.29) is 24.9 Å². The summed E-state index contributed by atoms with van der Waals surface area (Å²) >= 11 is 0. The normalized spacial score (nSPS) is 14.8. The zero-order valence-corrected chi connectivity index (χ0v) is 19.8. The summed E-state index contributed by atoms with van der Waals surface area (Å²) < 4.78 is 27.7. The topological polar surface area (TPSA) is 66.5 Å². The van der Waals surface area contributed by atoms with E-state index >= 15 is 0 Å². The number of sulfonamides is 1. The minimum Gasteiger partial charge on any atom is -0.345 e. The van der Waals surface area contributed by atoms with Crippen LogP contribution in [0.2, 0.25) is 0 Å². The fourth-order valence-corrected chi connectivity index (χ4v) is 6.33. The molecule has 1 unspecified atom stereocenters. The molecule has 4 aromatic rings. The maximum absolute atomic E-state index is 13.1. The summed E-state index contributed by atoms with van der Waals surface area (Å²) in [7, 11) is -3.61. The van der Waals surface area contributed by atoms with Crippen LogP contribution in [0.5, 0.6) is 0 Å². The van der Waals surface area contributed by atoms with Crippen LogP contribution in [0.1, 0.15) is 35.6 Å². The van der Waals surface area contributed by atoms with Crippen LogP contribution in [-0.4, -0.2) is 20.9 Å². The van der Waals surface area contributed by atoms with Gasteiger partial charge in [0.25, 0.3) is 10.0 Å². The molecule has 1 N–H and O–H groups in total. The van der Waals surface area contributed by atoms with Gasteiger partial charge in [0.15, 0.2) is 0 Å². The molecule has 1 heterocycles. The third-order valence-electron chi connectivity index (χ3n) is 6.30. The first-order chi connectivity index (χ1) is 16.4. The second-order valence-electron chi connectivity index (χ2n) is 8.63. The lowest BCUT2D eigenvalue weighted by molar-refractivity contribution is -0.121. The first kappa shape index (κ1) is 22.2. The Morgan fingerprint density at radius 1 is 0.853 bits per heavy atom. The van der Waals surface area contributed by atoms with Gasteiger partial charge in [-0.25, -0.2) is 8.42 Å². The molecule has 5 rings (SSSR count). The zero-order chi connectivity index (χ0) is 23.7. The molecular formula is C28H26N2O3S. The Morgan fingerprint density at radius 3 is 2.26 bits per heavy atom. The Morgan fingerprint density at radius 2 is 1.53 bits per heavy atom. The Labute approximate surface area is 200 Å². The number of rotatable bonds is 7. The van der Waals surface area contributed by atoms with E-state index < -0.39 is 10.0 Å². The molecule has 0 saturated carbocycles. The molecular weight excluding hydrogens is 444 g/mol. The fraction of sp³-hybridized carbons (Fsp3) is 0.179. The number of anilines is 1. The van der Waals surface area contributed by atoms with E-state index in [0.717, 1.165) is 27.5 Å². The van der Waals surface area contributed by atoms with Gasteiger partial charge < -0.3 is 5.32 Å². The highest BCUT2D eigenvalue weighted by Gasteiger charge is 2.35. The molecule has 0 radical (unpaired) electrons. The number of hydrogen-bond donors (Lipinski definition) is 1. The SMILES string of the molecule is Cc1ccc(C(NC(=O)CCCN2c3cccc4cccc(c34)S2(=O)=O)c2ccccc2)cc1. The van der Waals surface area contributed by atoms with Gasteiger partial charge in [0.05, 0.1) is 16.6 Å². The number of nitrogens with zero attached hydrogens (tertiary/aromatic N) is 1. The fourth-order valence-electron chi connectivity index (χ4n) is 4.58. The number of hydrogen-bond acceptors (Lipinski definition) is 3. The van der Waals surface area contributed by atoms with E-state index in [4.69, 9.17) is 0 Å². The standard InChI is InChI=1S/C28H26N2O3S/c1-20-15-17-23(18-16-20)28(22-8-3-2-4-9-22)29-26(31)14-7-19-30-24-12-5-10-21-11-6-13-25(27(21)24)34(30,32)33/h2-6,8-13,15-18,28H,7,14,19H2,1H3,(H,29,31). The van der Waals surface area contributed by atoms with Crippen molar-refractivity contribution in [3.05, 3.63) is 108 Å². The third kappa shape index (κ3) is 4.05. The van der Waals surface area contributed by atoms with E-state index in [1.165, 1.54) is 4.31 Å². The van der Waals surface area contributed by atoms with Crippen molar-refractivity contribution in [2.45, 2.75) is 30.7 Å². The highest BCUT2D eigenvalue weighted by atomic mass is 32.2. The average molecular weight is 471 g/mol. The van der Waals surface area contributed by atoms with E-state index in [1.54, 1.807) is 12.1 Å². The molecule has 5 nitrogen and oxygen atoms in total. The first-order valence-electron chi connectivity index (χ1n) is 11.4. The molecule has 34 heavy (non-hydrogen) atoms. The highest BCUT2D eigenvalue weighted by Crippen LogP contribution is 2.42. The van der Waals surface area contributed by atoms with E-state index in [2.05, 4.69) is 5.32 Å². The molecule has 0 saturated heterocycles. The van der Waals surface area contributed by atoms with Crippen LogP contribution in [-0.2, 0) is 14.8 Å². The number of amides is 1. The van der Waals surface area contributed by atoms with Crippen LogP contribution in [0.4, 0.5) is 5.69 Å².